The number of imidazole rings is 1. The van der Waals surface area contributed by atoms with Crippen LogP contribution >= 0.6 is 0 Å². The Morgan fingerprint density at radius 1 is 1.32 bits per heavy atom. The summed E-state index contributed by atoms with van der Waals surface area (Å²) in [6.45, 7) is 1.45. The molecule has 1 atom stereocenters. The van der Waals surface area contributed by atoms with Crippen molar-refractivity contribution in [2.45, 2.75) is 12.3 Å². The largest absolute Gasteiger partial charge is 0.381 e. The Bertz CT molecular complexity index is 712. The number of fused-ring (bicyclic) bond motifs is 1. The molecule has 0 amide bonds. The van der Waals surface area contributed by atoms with Crippen molar-refractivity contribution in [3.8, 4) is 11.5 Å². The van der Waals surface area contributed by atoms with Crippen LogP contribution in [0.3, 0.4) is 0 Å². The summed E-state index contributed by atoms with van der Waals surface area (Å²) in [5, 5.41) is 4.05. The Hall–Kier alpha value is -2.21. The van der Waals surface area contributed by atoms with E-state index < -0.39 is 0 Å². The Kier molecular flexibility index (Phi) is 2.34. The lowest BCUT2D eigenvalue weighted by Gasteiger charge is -1.98. The fourth-order valence-electron chi connectivity index (χ4n) is 2.30. The van der Waals surface area contributed by atoms with Gasteiger partial charge in [0.2, 0.25) is 0 Å². The molecule has 0 N–H and O–H groups in total. The highest BCUT2D eigenvalue weighted by Crippen LogP contribution is 2.25. The van der Waals surface area contributed by atoms with E-state index in [9.17, 15) is 0 Å². The molecule has 1 fully saturated rings. The average molecular weight is 256 g/mol. The molecule has 96 valence electrons. The molecular weight excluding hydrogens is 244 g/mol. The summed E-state index contributed by atoms with van der Waals surface area (Å²) in [6.07, 6.45) is 6.54. The third kappa shape index (κ3) is 1.80. The summed E-state index contributed by atoms with van der Waals surface area (Å²) >= 11 is 0. The van der Waals surface area contributed by atoms with E-state index in [-0.39, 0.29) is 5.92 Å². The number of aromatic nitrogens is 4. The predicted octanol–water partition coefficient (Wildman–Crippen LogP) is 1.89. The monoisotopic (exact) mass is 256 g/mol. The lowest BCUT2D eigenvalue weighted by molar-refractivity contribution is 0.192. The standard InChI is InChI=1S/C13H12N4O2/c1-2-11-14-4-5-17(11)7-9(1)13-15-12(16-19-13)10-3-6-18-8-10/h1-2,4-5,7,10H,3,6,8H2/t10-/m1/s1. The van der Waals surface area contributed by atoms with Gasteiger partial charge in [-0.15, -0.1) is 0 Å². The van der Waals surface area contributed by atoms with Gasteiger partial charge in [0.15, 0.2) is 5.82 Å². The second kappa shape index (κ2) is 4.17. The molecule has 4 heterocycles. The molecular formula is C13H12N4O2. The minimum Gasteiger partial charge on any atom is -0.381 e. The summed E-state index contributed by atoms with van der Waals surface area (Å²) in [4.78, 5) is 8.66. The van der Waals surface area contributed by atoms with Crippen molar-refractivity contribution in [2.75, 3.05) is 13.2 Å². The van der Waals surface area contributed by atoms with Crippen molar-refractivity contribution in [3.05, 3.63) is 36.5 Å². The second-order valence-electron chi connectivity index (χ2n) is 4.63. The summed E-state index contributed by atoms with van der Waals surface area (Å²) in [5.41, 5.74) is 1.79. The van der Waals surface area contributed by atoms with Crippen molar-refractivity contribution in [2.24, 2.45) is 0 Å². The fraction of sp³-hybridized carbons (Fsp3) is 0.308. The molecule has 0 saturated carbocycles. The van der Waals surface area contributed by atoms with E-state index in [1.165, 1.54) is 0 Å². The van der Waals surface area contributed by atoms with Crippen LogP contribution in [-0.2, 0) is 4.74 Å². The molecule has 1 aliphatic heterocycles. The van der Waals surface area contributed by atoms with Crippen LogP contribution in [0.25, 0.3) is 17.1 Å². The van der Waals surface area contributed by atoms with Gasteiger partial charge in [0.05, 0.1) is 12.2 Å². The molecule has 0 unspecified atom stereocenters. The Morgan fingerprint density at radius 2 is 2.32 bits per heavy atom. The first kappa shape index (κ1) is 10.7. The highest BCUT2D eigenvalue weighted by Gasteiger charge is 2.23. The number of rotatable bonds is 2. The van der Waals surface area contributed by atoms with Crippen molar-refractivity contribution >= 4 is 5.65 Å². The van der Waals surface area contributed by atoms with Gasteiger partial charge in [0.1, 0.15) is 5.65 Å². The van der Waals surface area contributed by atoms with Crippen LogP contribution in [0.15, 0.2) is 35.2 Å². The number of pyridine rings is 1. The molecule has 3 aromatic heterocycles. The van der Waals surface area contributed by atoms with Crippen molar-refractivity contribution in [1.82, 2.24) is 19.5 Å². The zero-order chi connectivity index (χ0) is 12.7. The normalized spacial score (nSPS) is 19.3. The fourth-order valence-corrected chi connectivity index (χ4v) is 2.30. The summed E-state index contributed by atoms with van der Waals surface area (Å²) < 4.78 is 12.6. The van der Waals surface area contributed by atoms with Gasteiger partial charge < -0.3 is 13.7 Å². The zero-order valence-electron chi connectivity index (χ0n) is 10.2. The third-order valence-electron chi connectivity index (χ3n) is 3.37. The Labute approximate surface area is 109 Å². The van der Waals surface area contributed by atoms with Crippen LogP contribution in [0.4, 0.5) is 0 Å². The molecule has 4 rings (SSSR count). The van der Waals surface area contributed by atoms with Crippen molar-refractivity contribution in [1.29, 1.82) is 0 Å². The van der Waals surface area contributed by atoms with Gasteiger partial charge in [0, 0.05) is 31.1 Å². The quantitative estimate of drug-likeness (QED) is 0.700. The van der Waals surface area contributed by atoms with Crippen molar-refractivity contribution in [3.63, 3.8) is 0 Å². The molecule has 6 heteroatoms. The first-order chi connectivity index (χ1) is 9.40. The van der Waals surface area contributed by atoms with Gasteiger partial charge in [-0.05, 0) is 18.6 Å². The van der Waals surface area contributed by atoms with E-state index in [2.05, 4.69) is 15.1 Å². The van der Waals surface area contributed by atoms with E-state index in [4.69, 9.17) is 9.26 Å². The molecule has 6 nitrogen and oxygen atoms in total. The van der Waals surface area contributed by atoms with Gasteiger partial charge in [-0.25, -0.2) is 4.98 Å². The van der Waals surface area contributed by atoms with E-state index >= 15 is 0 Å². The maximum absolute atomic E-state index is 5.34. The summed E-state index contributed by atoms with van der Waals surface area (Å²) in [7, 11) is 0. The molecule has 3 aromatic rings. The SMILES string of the molecule is c1cn2cc(-c3nc([C@@H]4CCOC4)no3)ccc2n1. The van der Waals surface area contributed by atoms with Gasteiger partial charge in [-0.3, -0.25) is 0 Å². The Balaban J connectivity index is 1.70. The van der Waals surface area contributed by atoms with Gasteiger partial charge in [-0.1, -0.05) is 5.16 Å². The smallest absolute Gasteiger partial charge is 0.259 e. The van der Waals surface area contributed by atoms with E-state index in [1.807, 2.05) is 28.9 Å². The highest BCUT2D eigenvalue weighted by molar-refractivity contribution is 5.55. The maximum Gasteiger partial charge on any atom is 0.259 e. The number of nitrogens with zero attached hydrogens (tertiary/aromatic N) is 4. The number of ether oxygens (including phenoxy) is 1. The Morgan fingerprint density at radius 3 is 3.21 bits per heavy atom. The maximum atomic E-state index is 5.34. The van der Waals surface area contributed by atoms with Gasteiger partial charge >= 0.3 is 0 Å². The molecule has 0 spiro atoms. The summed E-state index contributed by atoms with van der Waals surface area (Å²) in [5.74, 6) is 1.53. The second-order valence-corrected chi connectivity index (χ2v) is 4.63. The highest BCUT2D eigenvalue weighted by atomic mass is 16.5. The average Bonchev–Trinajstić information content (AvgIpc) is 3.18. The lowest BCUT2D eigenvalue weighted by Crippen LogP contribution is -1.99. The molecule has 1 aliphatic rings. The molecule has 19 heavy (non-hydrogen) atoms. The van der Waals surface area contributed by atoms with Gasteiger partial charge in [0.25, 0.3) is 5.89 Å². The van der Waals surface area contributed by atoms with Crippen LogP contribution in [0, 0.1) is 0 Å². The van der Waals surface area contributed by atoms with E-state index in [0.717, 1.165) is 30.1 Å². The molecule has 0 radical (unpaired) electrons. The molecule has 1 saturated heterocycles. The molecule has 0 bridgehead atoms. The first-order valence-electron chi connectivity index (χ1n) is 6.24. The van der Waals surface area contributed by atoms with E-state index in [0.29, 0.717) is 12.5 Å². The lowest BCUT2D eigenvalue weighted by atomic mass is 10.1. The van der Waals surface area contributed by atoms with Crippen LogP contribution in [0.5, 0.6) is 0 Å². The summed E-state index contributed by atoms with van der Waals surface area (Å²) in [6, 6.07) is 3.86. The molecule has 0 aliphatic carbocycles. The van der Waals surface area contributed by atoms with E-state index in [1.54, 1.807) is 6.20 Å². The number of hydrogen-bond donors (Lipinski definition) is 0. The van der Waals surface area contributed by atoms with Crippen molar-refractivity contribution < 1.29 is 9.26 Å². The predicted molar refractivity (Wildman–Crippen MR) is 66.7 cm³/mol. The van der Waals surface area contributed by atoms with Gasteiger partial charge in [-0.2, -0.15) is 4.98 Å². The minimum absolute atomic E-state index is 0.259. The van der Waals surface area contributed by atoms with Crippen LogP contribution in [0.1, 0.15) is 18.2 Å². The third-order valence-corrected chi connectivity index (χ3v) is 3.37. The van der Waals surface area contributed by atoms with Crippen LogP contribution in [-0.4, -0.2) is 32.7 Å². The zero-order valence-corrected chi connectivity index (χ0v) is 10.2. The minimum atomic E-state index is 0.259. The molecule has 0 aromatic carbocycles. The number of hydrogen-bond acceptors (Lipinski definition) is 5. The topological polar surface area (TPSA) is 65.5 Å². The van der Waals surface area contributed by atoms with Crippen LogP contribution < -0.4 is 0 Å². The van der Waals surface area contributed by atoms with Crippen LogP contribution in [0.2, 0.25) is 0 Å². The first-order valence-corrected chi connectivity index (χ1v) is 6.24.